The molecule has 1 heterocycles. The van der Waals surface area contributed by atoms with E-state index in [1.807, 2.05) is 36.4 Å². The van der Waals surface area contributed by atoms with Crippen LogP contribution in [0.1, 0.15) is 28.8 Å². The van der Waals surface area contributed by atoms with Gasteiger partial charge in [0.25, 0.3) is 17.1 Å². The minimum Gasteiger partial charge on any atom is -0.507 e. The molecule has 10 heteroatoms. The highest BCUT2D eigenvalue weighted by atomic mass is 32.2. The van der Waals surface area contributed by atoms with Crippen molar-refractivity contribution in [2.24, 2.45) is 10.2 Å². The fraction of sp³-hybridized carbons (Fsp3) is 0.103. The van der Waals surface area contributed by atoms with Gasteiger partial charge < -0.3 is 9.84 Å². The third kappa shape index (κ3) is 7.36. The van der Waals surface area contributed by atoms with Crippen LogP contribution in [0.15, 0.2) is 106 Å². The Morgan fingerprint density at radius 2 is 1.67 bits per heavy atom. The zero-order chi connectivity index (χ0) is 27.6. The lowest BCUT2D eigenvalue weighted by molar-refractivity contribution is -0.135. The summed E-state index contributed by atoms with van der Waals surface area (Å²) in [5.41, 5.74) is 1.11. The number of benzene rings is 3. The molecule has 3 aromatic rings. The summed E-state index contributed by atoms with van der Waals surface area (Å²) in [4.78, 5) is 51.0. The summed E-state index contributed by atoms with van der Waals surface area (Å²) < 4.78 is 5.37. The zero-order valence-electron chi connectivity index (χ0n) is 20.6. The molecule has 9 nitrogen and oxygen atoms in total. The lowest BCUT2D eigenvalue weighted by Gasteiger charge is -2.12. The first-order valence-corrected chi connectivity index (χ1v) is 12.7. The van der Waals surface area contributed by atoms with Crippen LogP contribution in [0.3, 0.4) is 0 Å². The number of imide groups is 1. The number of carbonyl (C=O) groups is 4. The van der Waals surface area contributed by atoms with E-state index in [2.05, 4.69) is 10.2 Å². The van der Waals surface area contributed by atoms with E-state index in [1.165, 1.54) is 24.3 Å². The molecule has 0 aromatic heterocycles. The number of allylic oxidation sites excluding steroid dienone is 2. The highest BCUT2D eigenvalue weighted by Crippen LogP contribution is 2.31. The predicted octanol–water partition coefficient (Wildman–Crippen LogP) is 6.29. The average molecular weight is 542 g/mol. The van der Waals surface area contributed by atoms with Gasteiger partial charge in [-0.1, -0.05) is 66.7 Å². The van der Waals surface area contributed by atoms with Gasteiger partial charge in [0.2, 0.25) is 0 Å². The number of rotatable bonds is 9. The predicted molar refractivity (Wildman–Crippen MR) is 147 cm³/mol. The molecule has 0 spiro atoms. The van der Waals surface area contributed by atoms with Crippen molar-refractivity contribution in [3.05, 3.63) is 107 Å². The Hall–Kier alpha value is -4.83. The Bertz CT molecular complexity index is 1480. The molecular formula is C29H23N3O6S. The molecule has 0 radical (unpaired) electrons. The molecule has 196 valence electrons. The molecule has 3 amide bonds. The molecule has 1 aliphatic rings. The van der Waals surface area contributed by atoms with Gasteiger partial charge in [0.1, 0.15) is 11.4 Å². The Balaban J connectivity index is 1.30. The highest BCUT2D eigenvalue weighted by molar-refractivity contribution is 8.18. The van der Waals surface area contributed by atoms with Crippen LogP contribution in [0, 0.1) is 0 Å². The number of phenolic OH excluding ortho intramolecular Hbond substituents is 1. The number of azo groups is 1. The maximum absolute atomic E-state index is 12.6. The SMILES string of the molecule is O=C(CCCN1C(=O)SC(=CC=Cc2ccccc2)C1=O)Oc1ccccc1N=NC(=O)c1ccccc1O. The quantitative estimate of drug-likeness (QED) is 0.146. The van der Waals surface area contributed by atoms with Crippen LogP contribution in [-0.4, -0.2) is 39.6 Å². The van der Waals surface area contributed by atoms with Gasteiger partial charge in [-0.15, -0.1) is 10.2 Å². The molecular weight excluding hydrogens is 518 g/mol. The molecule has 0 unspecified atom stereocenters. The van der Waals surface area contributed by atoms with Gasteiger partial charge in [-0.05, 0) is 54.1 Å². The maximum atomic E-state index is 12.6. The van der Waals surface area contributed by atoms with Crippen LogP contribution in [-0.2, 0) is 9.59 Å². The summed E-state index contributed by atoms with van der Waals surface area (Å²) in [5, 5.41) is 16.9. The van der Waals surface area contributed by atoms with Crippen molar-refractivity contribution in [2.75, 3.05) is 6.54 Å². The van der Waals surface area contributed by atoms with E-state index in [0.717, 1.165) is 22.2 Å². The summed E-state index contributed by atoms with van der Waals surface area (Å²) in [5.74, 6) is -1.89. The molecule has 4 rings (SSSR count). The molecule has 1 saturated heterocycles. The first-order valence-electron chi connectivity index (χ1n) is 11.9. The number of nitrogens with zero attached hydrogens (tertiary/aromatic N) is 3. The van der Waals surface area contributed by atoms with E-state index >= 15 is 0 Å². The Labute approximate surface area is 228 Å². The van der Waals surface area contributed by atoms with Gasteiger partial charge in [0.05, 0.1) is 10.5 Å². The third-order valence-corrected chi connectivity index (χ3v) is 6.37. The van der Waals surface area contributed by atoms with Crippen molar-refractivity contribution in [3.63, 3.8) is 0 Å². The van der Waals surface area contributed by atoms with Gasteiger partial charge in [0.15, 0.2) is 5.75 Å². The van der Waals surface area contributed by atoms with Crippen molar-refractivity contribution >= 4 is 46.5 Å². The van der Waals surface area contributed by atoms with E-state index in [0.29, 0.717) is 4.91 Å². The second-order valence-corrected chi connectivity index (χ2v) is 9.19. The smallest absolute Gasteiger partial charge is 0.311 e. The average Bonchev–Trinajstić information content (AvgIpc) is 3.21. The number of esters is 1. The van der Waals surface area contributed by atoms with Crippen molar-refractivity contribution in [3.8, 4) is 11.5 Å². The minimum absolute atomic E-state index is 0.00915. The van der Waals surface area contributed by atoms with Gasteiger partial charge in [-0.3, -0.25) is 24.1 Å². The zero-order valence-corrected chi connectivity index (χ0v) is 21.4. The number of thioether (sulfide) groups is 1. The van der Waals surface area contributed by atoms with Crippen LogP contribution < -0.4 is 4.74 Å². The van der Waals surface area contributed by atoms with Crippen LogP contribution in [0.4, 0.5) is 10.5 Å². The topological polar surface area (TPSA) is 126 Å². The lowest BCUT2D eigenvalue weighted by atomic mass is 10.2. The second-order valence-electron chi connectivity index (χ2n) is 8.19. The monoisotopic (exact) mass is 541 g/mol. The number of hydrogen-bond acceptors (Lipinski definition) is 8. The third-order valence-electron chi connectivity index (χ3n) is 5.44. The summed E-state index contributed by atoms with van der Waals surface area (Å²) in [6, 6.07) is 21.8. The van der Waals surface area contributed by atoms with Gasteiger partial charge in [0, 0.05) is 13.0 Å². The molecule has 0 atom stereocenters. The highest BCUT2D eigenvalue weighted by Gasteiger charge is 2.34. The largest absolute Gasteiger partial charge is 0.507 e. The molecule has 0 bridgehead atoms. The number of hydrogen-bond donors (Lipinski definition) is 1. The number of ether oxygens (including phenoxy) is 1. The molecule has 0 saturated carbocycles. The normalized spacial score (nSPS) is 14.6. The van der Waals surface area contributed by atoms with E-state index < -0.39 is 23.0 Å². The van der Waals surface area contributed by atoms with E-state index in [1.54, 1.807) is 36.4 Å². The van der Waals surface area contributed by atoms with Crippen LogP contribution in [0.2, 0.25) is 0 Å². The van der Waals surface area contributed by atoms with E-state index in [-0.39, 0.29) is 42.1 Å². The fourth-order valence-electron chi connectivity index (χ4n) is 3.51. The van der Waals surface area contributed by atoms with Crippen molar-refractivity contribution in [1.29, 1.82) is 0 Å². The summed E-state index contributed by atoms with van der Waals surface area (Å²) in [7, 11) is 0. The summed E-state index contributed by atoms with van der Waals surface area (Å²) in [6.45, 7) is 0.0654. The first kappa shape index (κ1) is 27.2. The van der Waals surface area contributed by atoms with Crippen LogP contribution >= 0.6 is 11.8 Å². The van der Waals surface area contributed by atoms with Crippen molar-refractivity contribution in [2.45, 2.75) is 12.8 Å². The second kappa shape index (κ2) is 13.1. The lowest BCUT2D eigenvalue weighted by Crippen LogP contribution is -2.29. The Kier molecular flexibility index (Phi) is 9.15. The van der Waals surface area contributed by atoms with E-state index in [4.69, 9.17) is 4.74 Å². The number of aromatic hydroxyl groups is 1. The molecule has 3 aromatic carbocycles. The molecule has 39 heavy (non-hydrogen) atoms. The van der Waals surface area contributed by atoms with E-state index in [9.17, 15) is 24.3 Å². The van der Waals surface area contributed by atoms with Gasteiger partial charge >= 0.3 is 5.97 Å². The number of para-hydroxylation sites is 2. The van der Waals surface area contributed by atoms with Crippen LogP contribution in [0.5, 0.6) is 11.5 Å². The molecule has 0 aliphatic carbocycles. The summed E-state index contributed by atoms with van der Waals surface area (Å²) >= 11 is 0.852. The number of amides is 3. The standard InChI is InChI=1S/C29H23N3O6S/c33-23-15-6-4-13-21(23)27(35)31-30-22-14-5-7-16-24(22)38-26(34)18-9-19-32-28(36)25(39-29(32)37)17-8-12-20-10-2-1-3-11-20/h1-8,10-17,33H,9,18-19H2. The molecule has 1 N–H and O–H groups in total. The van der Waals surface area contributed by atoms with Crippen LogP contribution in [0.25, 0.3) is 6.08 Å². The van der Waals surface area contributed by atoms with Crippen molar-refractivity contribution < 1.29 is 29.0 Å². The van der Waals surface area contributed by atoms with Crippen molar-refractivity contribution in [1.82, 2.24) is 4.90 Å². The maximum Gasteiger partial charge on any atom is 0.311 e. The van der Waals surface area contributed by atoms with Gasteiger partial charge in [-0.25, -0.2) is 0 Å². The molecule has 1 fully saturated rings. The fourth-order valence-corrected chi connectivity index (χ4v) is 4.32. The van der Waals surface area contributed by atoms with Gasteiger partial charge in [-0.2, -0.15) is 0 Å². The minimum atomic E-state index is -0.754. The Morgan fingerprint density at radius 1 is 0.949 bits per heavy atom. The molecule has 1 aliphatic heterocycles. The summed E-state index contributed by atoms with van der Waals surface area (Å²) in [6.07, 6.45) is 5.30. The first-order chi connectivity index (χ1) is 18.9. The Morgan fingerprint density at radius 3 is 2.46 bits per heavy atom. The number of phenols is 1. The number of carbonyl (C=O) groups excluding carboxylic acids is 4.